The van der Waals surface area contributed by atoms with Crippen molar-refractivity contribution in [2.24, 2.45) is 0 Å². The number of ether oxygens (including phenoxy) is 2. The molecule has 0 spiro atoms. The number of thioether (sulfide) groups is 1. The lowest BCUT2D eigenvalue weighted by atomic mass is 9.95. The van der Waals surface area contributed by atoms with Gasteiger partial charge < -0.3 is 14.6 Å². The van der Waals surface area contributed by atoms with E-state index in [1.165, 1.54) is 56.3 Å². The highest BCUT2D eigenvalue weighted by Crippen LogP contribution is 2.45. The second-order valence-electron chi connectivity index (χ2n) is 9.87. The van der Waals surface area contributed by atoms with Gasteiger partial charge in [-0.25, -0.2) is 0 Å². The molecule has 11 nitrogen and oxygen atoms in total. The minimum absolute atomic E-state index is 0.111. The van der Waals surface area contributed by atoms with Crippen molar-refractivity contribution >= 4 is 62.1 Å². The van der Waals surface area contributed by atoms with Crippen LogP contribution in [0.25, 0.3) is 16.5 Å². The minimum Gasteiger partial charge on any atom is -0.507 e. The number of aliphatic hydroxyl groups excluding tert-OH is 1. The number of nitrogens with zero attached hydrogens (tertiary/aromatic N) is 4. The zero-order valence-electron chi connectivity index (χ0n) is 23.9. The predicted octanol–water partition coefficient (Wildman–Crippen LogP) is 6.54. The number of ketones is 1. The molecule has 1 aromatic heterocycles. The van der Waals surface area contributed by atoms with E-state index in [-0.39, 0.29) is 27.5 Å². The van der Waals surface area contributed by atoms with Crippen LogP contribution in [-0.4, -0.2) is 46.1 Å². The summed E-state index contributed by atoms with van der Waals surface area (Å²) in [5, 5.41) is 34.0. The van der Waals surface area contributed by atoms with Crippen LogP contribution in [0.15, 0.2) is 94.8 Å². The van der Waals surface area contributed by atoms with E-state index in [9.17, 15) is 24.8 Å². The van der Waals surface area contributed by atoms with Gasteiger partial charge >= 0.3 is 5.91 Å². The highest BCUT2D eigenvalue weighted by Gasteiger charge is 2.48. The van der Waals surface area contributed by atoms with E-state index < -0.39 is 28.4 Å². The Bertz CT molecular complexity index is 2000. The first-order chi connectivity index (χ1) is 21.8. The van der Waals surface area contributed by atoms with Crippen molar-refractivity contribution < 1.29 is 29.1 Å². The van der Waals surface area contributed by atoms with Crippen LogP contribution in [0.4, 0.5) is 10.8 Å². The van der Waals surface area contributed by atoms with Crippen molar-refractivity contribution in [2.75, 3.05) is 19.1 Å². The molecule has 226 valence electrons. The summed E-state index contributed by atoms with van der Waals surface area (Å²) in [7, 11) is 2.89. The fourth-order valence-electron chi connectivity index (χ4n) is 5.21. The Morgan fingerprint density at radius 3 is 2.51 bits per heavy atom. The molecule has 0 bridgehead atoms. The summed E-state index contributed by atoms with van der Waals surface area (Å²) < 4.78 is 11.2. The topological polar surface area (TPSA) is 145 Å². The number of methoxy groups -OCH3 is 2. The molecule has 1 atom stereocenters. The summed E-state index contributed by atoms with van der Waals surface area (Å²) in [5.41, 5.74) is 1.03. The summed E-state index contributed by atoms with van der Waals surface area (Å²) in [6.07, 6.45) is 0. The SMILES string of the molecule is COc1ccc(C(O)=C2C(=O)C(=O)N(c3nnc(SCc4cccc5ccccc45)s3)C2c2cccc([N+](=O)[O-])c2)cc1OC. The Labute approximate surface area is 264 Å². The number of rotatable bonds is 9. The largest absolute Gasteiger partial charge is 0.507 e. The molecule has 0 aliphatic carbocycles. The number of nitro groups is 1. The Kier molecular flexibility index (Phi) is 8.20. The molecule has 13 heteroatoms. The lowest BCUT2D eigenvalue weighted by Crippen LogP contribution is -2.29. The van der Waals surface area contributed by atoms with E-state index in [0.29, 0.717) is 21.6 Å². The number of non-ortho nitro benzene ring substituents is 1. The number of aromatic nitrogens is 2. The highest BCUT2D eigenvalue weighted by atomic mass is 32.2. The Morgan fingerprint density at radius 2 is 1.73 bits per heavy atom. The van der Waals surface area contributed by atoms with Gasteiger partial charge in [0.15, 0.2) is 15.8 Å². The standard InChI is InChI=1S/C32H24N4O7S2/c1-42-24-14-13-20(16-25(24)43-2)28(37)26-27(19-9-6-11-22(15-19)36(40)41)35(30(39)29(26)38)31-33-34-32(45-31)44-17-21-10-5-8-18-7-3-4-12-23(18)21/h3-16,27,37H,17H2,1-2H3. The fourth-order valence-corrected chi connectivity index (χ4v) is 7.08. The van der Waals surface area contributed by atoms with Gasteiger partial charge in [-0.05, 0) is 40.1 Å². The number of Topliss-reactive ketones (excluding diaryl/α,β-unsaturated/α-hetero) is 1. The number of nitro benzene ring substituents is 1. The number of carbonyl (C=O) groups is 2. The average Bonchev–Trinajstić information content (AvgIpc) is 3.64. The van der Waals surface area contributed by atoms with Crippen LogP contribution in [0, 0.1) is 10.1 Å². The number of aliphatic hydroxyl groups is 1. The van der Waals surface area contributed by atoms with E-state index in [4.69, 9.17) is 9.47 Å². The average molecular weight is 641 g/mol. The maximum atomic E-state index is 13.6. The van der Waals surface area contributed by atoms with Crippen LogP contribution in [0.1, 0.15) is 22.7 Å². The molecular formula is C32H24N4O7S2. The molecule has 1 aliphatic heterocycles. The number of fused-ring (bicyclic) bond motifs is 1. The summed E-state index contributed by atoms with van der Waals surface area (Å²) in [6, 6.07) is 23.0. The van der Waals surface area contributed by atoms with Crippen molar-refractivity contribution in [3.63, 3.8) is 0 Å². The van der Waals surface area contributed by atoms with E-state index >= 15 is 0 Å². The molecule has 45 heavy (non-hydrogen) atoms. The summed E-state index contributed by atoms with van der Waals surface area (Å²) in [5.74, 6) is -1.13. The second kappa shape index (κ2) is 12.4. The van der Waals surface area contributed by atoms with Gasteiger partial charge in [0, 0.05) is 23.4 Å². The van der Waals surface area contributed by atoms with Gasteiger partial charge in [-0.15, -0.1) is 10.2 Å². The van der Waals surface area contributed by atoms with Gasteiger partial charge in [0.1, 0.15) is 5.76 Å². The summed E-state index contributed by atoms with van der Waals surface area (Å²) in [4.78, 5) is 39.4. The third-order valence-corrected chi connectivity index (χ3v) is 9.44. The molecule has 1 aliphatic rings. The maximum Gasteiger partial charge on any atom is 0.301 e. The normalized spacial score (nSPS) is 15.9. The molecule has 4 aromatic carbocycles. The van der Waals surface area contributed by atoms with Crippen LogP contribution in [0.3, 0.4) is 0 Å². The van der Waals surface area contributed by atoms with Crippen LogP contribution in [-0.2, 0) is 15.3 Å². The van der Waals surface area contributed by atoms with Crippen molar-refractivity contribution in [3.8, 4) is 11.5 Å². The Hall–Kier alpha value is -5.27. The highest BCUT2D eigenvalue weighted by molar-refractivity contribution is 8.00. The quantitative estimate of drug-likeness (QED) is 0.0359. The van der Waals surface area contributed by atoms with Gasteiger partial charge in [-0.3, -0.25) is 24.6 Å². The maximum absolute atomic E-state index is 13.6. The predicted molar refractivity (Wildman–Crippen MR) is 171 cm³/mol. The molecule has 1 unspecified atom stereocenters. The molecule has 6 rings (SSSR count). The van der Waals surface area contributed by atoms with Gasteiger partial charge in [-0.2, -0.15) is 0 Å². The number of benzene rings is 4. The molecule has 0 radical (unpaired) electrons. The molecule has 1 amide bonds. The number of amides is 1. The van der Waals surface area contributed by atoms with Crippen molar-refractivity contribution in [2.45, 2.75) is 16.1 Å². The Balaban J connectivity index is 1.41. The van der Waals surface area contributed by atoms with Crippen LogP contribution < -0.4 is 14.4 Å². The van der Waals surface area contributed by atoms with Crippen molar-refractivity contribution in [1.82, 2.24) is 10.2 Å². The lowest BCUT2D eigenvalue weighted by molar-refractivity contribution is -0.384. The minimum atomic E-state index is -1.22. The molecule has 1 fully saturated rings. The van der Waals surface area contributed by atoms with E-state index in [1.54, 1.807) is 12.1 Å². The first-order valence-electron chi connectivity index (χ1n) is 13.5. The number of hydrogen-bond donors (Lipinski definition) is 1. The molecular weight excluding hydrogens is 617 g/mol. The monoisotopic (exact) mass is 640 g/mol. The molecule has 2 heterocycles. The first kappa shape index (κ1) is 29.8. The molecule has 0 saturated carbocycles. The molecule has 1 N–H and O–H groups in total. The van der Waals surface area contributed by atoms with Gasteiger partial charge in [0.25, 0.3) is 11.5 Å². The number of carbonyl (C=O) groups excluding carboxylic acids is 2. The fraction of sp³-hybridized carbons (Fsp3) is 0.125. The number of hydrogen-bond acceptors (Lipinski definition) is 11. The van der Waals surface area contributed by atoms with Crippen LogP contribution in [0.2, 0.25) is 0 Å². The van der Waals surface area contributed by atoms with Crippen LogP contribution in [0.5, 0.6) is 11.5 Å². The van der Waals surface area contributed by atoms with Gasteiger partial charge in [-0.1, -0.05) is 77.7 Å². The smallest absolute Gasteiger partial charge is 0.301 e. The van der Waals surface area contributed by atoms with E-state index in [2.05, 4.69) is 10.2 Å². The zero-order chi connectivity index (χ0) is 31.7. The third-order valence-electron chi connectivity index (χ3n) is 7.33. The van der Waals surface area contributed by atoms with Crippen LogP contribution >= 0.6 is 23.1 Å². The summed E-state index contributed by atoms with van der Waals surface area (Å²) >= 11 is 2.54. The van der Waals surface area contributed by atoms with E-state index in [1.807, 2.05) is 42.5 Å². The zero-order valence-corrected chi connectivity index (χ0v) is 25.5. The molecule has 5 aromatic rings. The summed E-state index contributed by atoms with van der Waals surface area (Å²) in [6.45, 7) is 0. The second-order valence-corrected chi connectivity index (χ2v) is 12.0. The number of anilines is 1. The first-order valence-corrected chi connectivity index (χ1v) is 15.3. The molecule has 1 saturated heterocycles. The van der Waals surface area contributed by atoms with Gasteiger partial charge in [0.2, 0.25) is 5.13 Å². The Morgan fingerprint density at radius 1 is 0.978 bits per heavy atom. The van der Waals surface area contributed by atoms with Crippen molar-refractivity contribution in [1.29, 1.82) is 0 Å². The van der Waals surface area contributed by atoms with Gasteiger partial charge in [0.05, 0.1) is 30.8 Å². The van der Waals surface area contributed by atoms with E-state index in [0.717, 1.165) is 32.6 Å². The third kappa shape index (κ3) is 5.58. The lowest BCUT2D eigenvalue weighted by Gasteiger charge is -2.22. The van der Waals surface area contributed by atoms with Crippen molar-refractivity contribution in [3.05, 3.63) is 117 Å².